The third-order valence-electron chi connectivity index (χ3n) is 5.05. The van der Waals surface area contributed by atoms with Crippen molar-refractivity contribution in [1.29, 1.82) is 0 Å². The summed E-state index contributed by atoms with van der Waals surface area (Å²) in [6, 6.07) is 15.0. The molecule has 4 rings (SSSR count). The molecule has 2 heterocycles. The molecule has 2 N–H and O–H groups in total. The summed E-state index contributed by atoms with van der Waals surface area (Å²) in [5.74, 6) is 0.187. The van der Waals surface area contributed by atoms with Crippen molar-refractivity contribution in [3.63, 3.8) is 0 Å². The molecule has 1 amide bonds. The minimum Gasteiger partial charge on any atom is -0.322 e. The summed E-state index contributed by atoms with van der Waals surface area (Å²) in [5.41, 5.74) is 2.49. The Hall–Kier alpha value is -3.46. The summed E-state index contributed by atoms with van der Waals surface area (Å²) in [4.78, 5) is 31.8. The summed E-state index contributed by atoms with van der Waals surface area (Å²) in [6.45, 7) is 2.33. The largest absolute Gasteiger partial charge is 0.322 e. The van der Waals surface area contributed by atoms with Gasteiger partial charge in [-0.15, -0.1) is 0 Å². The van der Waals surface area contributed by atoms with Crippen LogP contribution >= 0.6 is 0 Å². The molecule has 0 radical (unpaired) electrons. The third kappa shape index (κ3) is 4.51. The lowest BCUT2D eigenvalue weighted by Gasteiger charge is -2.17. The second kappa shape index (κ2) is 8.35. The van der Waals surface area contributed by atoms with Crippen LogP contribution in [0, 0.1) is 0 Å². The fourth-order valence-electron chi connectivity index (χ4n) is 3.51. The molecule has 0 atom stereocenters. The highest BCUT2D eigenvalue weighted by atomic mass is 32.2. The first kappa shape index (κ1) is 20.8. The maximum atomic E-state index is 12.8. The molecule has 9 heteroatoms. The van der Waals surface area contributed by atoms with E-state index in [1.165, 1.54) is 10.4 Å². The number of carbonyl (C=O) groups is 1. The molecule has 0 bridgehead atoms. The standard InChI is InChI=1S/C22H22N4O4S/c1-2-17-14-20(27)25-21(23-17)15-6-3-8-18(12-15)24-22(28)16-7-4-9-19(13-16)26-10-5-11-31(26,29)30/h3-4,6-9,12-14H,2,5,10-11H2,1H3,(H,24,28)(H,23,25,27). The highest BCUT2D eigenvalue weighted by Crippen LogP contribution is 2.25. The van der Waals surface area contributed by atoms with Gasteiger partial charge in [-0.2, -0.15) is 0 Å². The van der Waals surface area contributed by atoms with E-state index in [-0.39, 0.29) is 17.2 Å². The second-order valence-corrected chi connectivity index (χ2v) is 9.28. The number of aromatic amines is 1. The molecule has 31 heavy (non-hydrogen) atoms. The number of amides is 1. The number of benzene rings is 2. The van der Waals surface area contributed by atoms with Crippen LogP contribution in [0.25, 0.3) is 11.4 Å². The predicted molar refractivity (Wildman–Crippen MR) is 120 cm³/mol. The number of H-pyrrole nitrogens is 1. The van der Waals surface area contributed by atoms with Crippen molar-refractivity contribution in [1.82, 2.24) is 9.97 Å². The molecule has 0 saturated carbocycles. The van der Waals surface area contributed by atoms with Gasteiger partial charge in [0.05, 0.1) is 11.4 Å². The summed E-state index contributed by atoms with van der Waals surface area (Å²) >= 11 is 0. The van der Waals surface area contributed by atoms with E-state index < -0.39 is 10.0 Å². The molecule has 1 aliphatic rings. The maximum Gasteiger partial charge on any atom is 0.255 e. The maximum absolute atomic E-state index is 12.8. The number of hydrogen-bond acceptors (Lipinski definition) is 5. The molecule has 1 fully saturated rings. The number of hydrogen-bond donors (Lipinski definition) is 2. The van der Waals surface area contributed by atoms with Crippen molar-refractivity contribution >= 4 is 27.3 Å². The molecule has 0 aliphatic carbocycles. The van der Waals surface area contributed by atoms with Gasteiger partial charge in [-0.3, -0.25) is 13.9 Å². The molecule has 1 aliphatic heterocycles. The second-order valence-electron chi connectivity index (χ2n) is 7.27. The number of nitrogens with one attached hydrogen (secondary N) is 2. The SMILES string of the molecule is CCc1cc(=O)[nH]c(-c2cccc(NC(=O)c3cccc(N4CCCS4(=O)=O)c3)c2)n1. The van der Waals surface area contributed by atoms with Gasteiger partial charge < -0.3 is 10.3 Å². The lowest BCUT2D eigenvalue weighted by Crippen LogP contribution is -2.25. The van der Waals surface area contributed by atoms with Gasteiger partial charge in [0.25, 0.3) is 11.5 Å². The van der Waals surface area contributed by atoms with Gasteiger partial charge in [-0.1, -0.05) is 25.1 Å². The molecule has 1 saturated heterocycles. The van der Waals surface area contributed by atoms with Crippen LogP contribution in [0.3, 0.4) is 0 Å². The number of anilines is 2. The van der Waals surface area contributed by atoms with Crippen LogP contribution in [0.4, 0.5) is 11.4 Å². The third-order valence-corrected chi connectivity index (χ3v) is 6.92. The van der Waals surface area contributed by atoms with Gasteiger partial charge >= 0.3 is 0 Å². The van der Waals surface area contributed by atoms with E-state index in [4.69, 9.17) is 0 Å². The van der Waals surface area contributed by atoms with Gasteiger partial charge in [0, 0.05) is 35.1 Å². The zero-order valence-electron chi connectivity index (χ0n) is 17.0. The predicted octanol–water partition coefficient (Wildman–Crippen LogP) is 2.79. The molecule has 2 aromatic carbocycles. The van der Waals surface area contributed by atoms with Crippen LogP contribution in [-0.4, -0.2) is 36.6 Å². The number of rotatable bonds is 5. The fourth-order valence-corrected chi connectivity index (χ4v) is 5.06. The van der Waals surface area contributed by atoms with Crippen LogP contribution in [0.1, 0.15) is 29.4 Å². The lowest BCUT2D eigenvalue weighted by molar-refractivity contribution is 0.102. The highest BCUT2D eigenvalue weighted by molar-refractivity contribution is 7.93. The Morgan fingerprint density at radius 2 is 1.97 bits per heavy atom. The summed E-state index contributed by atoms with van der Waals surface area (Å²) in [7, 11) is -3.32. The number of carbonyl (C=O) groups excluding carboxylic acids is 1. The zero-order chi connectivity index (χ0) is 22.0. The van der Waals surface area contributed by atoms with Crippen LogP contribution in [-0.2, 0) is 16.4 Å². The smallest absolute Gasteiger partial charge is 0.255 e. The summed E-state index contributed by atoms with van der Waals surface area (Å²) < 4.78 is 25.7. The van der Waals surface area contributed by atoms with Gasteiger partial charge in [0.1, 0.15) is 5.82 Å². The quantitative estimate of drug-likeness (QED) is 0.636. The summed E-state index contributed by atoms with van der Waals surface area (Å²) in [6.07, 6.45) is 1.21. The Bertz CT molecular complexity index is 1300. The van der Waals surface area contributed by atoms with Crippen LogP contribution in [0.5, 0.6) is 0 Å². The summed E-state index contributed by atoms with van der Waals surface area (Å²) in [5, 5.41) is 2.82. The lowest BCUT2D eigenvalue weighted by atomic mass is 10.1. The monoisotopic (exact) mass is 438 g/mol. The number of aryl methyl sites for hydroxylation is 1. The number of aromatic nitrogens is 2. The van der Waals surface area contributed by atoms with Crippen molar-refractivity contribution in [2.75, 3.05) is 21.9 Å². The van der Waals surface area contributed by atoms with Crippen LogP contribution < -0.4 is 15.2 Å². The Morgan fingerprint density at radius 1 is 1.16 bits per heavy atom. The highest BCUT2D eigenvalue weighted by Gasteiger charge is 2.28. The molecule has 160 valence electrons. The van der Waals surface area contributed by atoms with Crippen molar-refractivity contribution < 1.29 is 13.2 Å². The average Bonchev–Trinajstić information content (AvgIpc) is 3.12. The molecule has 1 aromatic heterocycles. The normalized spacial score (nSPS) is 15.1. The van der Waals surface area contributed by atoms with Crippen molar-refractivity contribution in [2.24, 2.45) is 0 Å². The Morgan fingerprint density at radius 3 is 2.71 bits per heavy atom. The molecular formula is C22H22N4O4S. The van der Waals surface area contributed by atoms with Gasteiger partial charge in [0.15, 0.2) is 0 Å². The Balaban J connectivity index is 1.57. The van der Waals surface area contributed by atoms with Crippen LogP contribution in [0.15, 0.2) is 59.4 Å². The molecule has 0 spiro atoms. The first-order chi connectivity index (χ1) is 14.9. The van der Waals surface area contributed by atoms with Crippen molar-refractivity contribution in [2.45, 2.75) is 19.8 Å². The van der Waals surface area contributed by atoms with E-state index >= 15 is 0 Å². The Kier molecular flexibility index (Phi) is 5.60. The van der Waals surface area contributed by atoms with Crippen LogP contribution in [0.2, 0.25) is 0 Å². The molecule has 3 aromatic rings. The molecule has 0 unspecified atom stereocenters. The minimum atomic E-state index is -3.32. The van der Waals surface area contributed by atoms with Gasteiger partial charge in [-0.25, -0.2) is 13.4 Å². The Labute approximate surface area is 180 Å². The number of sulfonamides is 1. The van der Waals surface area contributed by atoms with E-state index in [0.717, 1.165) is 0 Å². The average molecular weight is 439 g/mol. The van der Waals surface area contributed by atoms with E-state index in [1.807, 2.05) is 6.92 Å². The van der Waals surface area contributed by atoms with E-state index in [9.17, 15) is 18.0 Å². The topological polar surface area (TPSA) is 112 Å². The first-order valence-corrected chi connectivity index (χ1v) is 11.6. The van der Waals surface area contributed by atoms with Crippen molar-refractivity contribution in [3.8, 4) is 11.4 Å². The number of nitrogens with zero attached hydrogens (tertiary/aromatic N) is 2. The zero-order valence-corrected chi connectivity index (χ0v) is 17.8. The molecule has 8 nitrogen and oxygen atoms in total. The fraction of sp³-hybridized carbons (Fsp3) is 0.227. The van der Waals surface area contributed by atoms with Gasteiger partial charge in [-0.05, 0) is 43.2 Å². The van der Waals surface area contributed by atoms with E-state index in [2.05, 4.69) is 15.3 Å². The van der Waals surface area contributed by atoms with Crippen molar-refractivity contribution in [3.05, 3.63) is 76.2 Å². The molecular weight excluding hydrogens is 416 g/mol. The van der Waals surface area contributed by atoms with E-state index in [0.29, 0.717) is 53.4 Å². The van der Waals surface area contributed by atoms with E-state index in [1.54, 1.807) is 48.5 Å². The minimum absolute atomic E-state index is 0.117. The van der Waals surface area contributed by atoms with Gasteiger partial charge in [0.2, 0.25) is 10.0 Å². The first-order valence-electron chi connectivity index (χ1n) is 9.98.